The number of benzene rings is 1. The van der Waals surface area contributed by atoms with Crippen LogP contribution in [0.2, 0.25) is 0 Å². The van der Waals surface area contributed by atoms with Gasteiger partial charge in [-0.3, -0.25) is 0 Å². The van der Waals surface area contributed by atoms with Gasteiger partial charge in [0, 0.05) is 0 Å². The molecule has 0 fully saturated rings. The number of hydrogen-bond donors (Lipinski definition) is 0. The molecular weight excluding hydrogens is 168 g/mol. The highest BCUT2D eigenvalue weighted by atomic mass is 14.1. The Labute approximate surface area is 88.4 Å². The maximum atomic E-state index is 2.29. The quantitative estimate of drug-likeness (QED) is 0.652. The van der Waals surface area contributed by atoms with Crippen molar-refractivity contribution in [2.24, 2.45) is 5.92 Å². The Morgan fingerprint density at radius 1 is 0.857 bits per heavy atom. The molecule has 1 aromatic carbocycles. The zero-order valence-corrected chi connectivity index (χ0v) is 9.72. The van der Waals surface area contributed by atoms with Crippen molar-refractivity contribution in [3.63, 3.8) is 0 Å². The molecule has 14 heavy (non-hydrogen) atoms. The van der Waals surface area contributed by atoms with Crippen molar-refractivity contribution >= 4 is 0 Å². The van der Waals surface area contributed by atoms with Gasteiger partial charge >= 0.3 is 0 Å². The van der Waals surface area contributed by atoms with Gasteiger partial charge in [-0.1, -0.05) is 57.9 Å². The van der Waals surface area contributed by atoms with Crippen molar-refractivity contribution < 1.29 is 0 Å². The topological polar surface area (TPSA) is 0 Å². The van der Waals surface area contributed by atoms with Crippen LogP contribution in [-0.2, 0) is 12.8 Å². The highest BCUT2D eigenvalue weighted by Gasteiger charge is 2.04. The molecule has 0 aliphatic heterocycles. The van der Waals surface area contributed by atoms with Gasteiger partial charge in [0.25, 0.3) is 0 Å². The Kier molecular flexibility index (Phi) is 4.72. The fourth-order valence-electron chi connectivity index (χ4n) is 1.82. The fraction of sp³-hybridized carbons (Fsp3) is 0.571. The summed E-state index contributed by atoms with van der Waals surface area (Å²) in [7, 11) is 0. The molecule has 0 radical (unpaired) electrons. The minimum atomic E-state index is 0.863. The summed E-state index contributed by atoms with van der Waals surface area (Å²) >= 11 is 0. The van der Waals surface area contributed by atoms with E-state index in [2.05, 4.69) is 45.0 Å². The van der Waals surface area contributed by atoms with Crippen molar-refractivity contribution in [2.45, 2.75) is 46.5 Å². The molecule has 0 spiro atoms. The van der Waals surface area contributed by atoms with Crippen molar-refractivity contribution in [3.8, 4) is 0 Å². The van der Waals surface area contributed by atoms with Crippen LogP contribution in [0.4, 0.5) is 0 Å². The molecule has 1 aromatic rings. The number of rotatable bonds is 5. The Balaban J connectivity index is 2.58. The van der Waals surface area contributed by atoms with E-state index < -0.39 is 0 Å². The van der Waals surface area contributed by atoms with E-state index in [0.717, 1.165) is 12.3 Å². The molecule has 0 aliphatic rings. The second kappa shape index (κ2) is 5.85. The molecule has 0 bridgehead atoms. The lowest BCUT2D eigenvalue weighted by molar-refractivity contribution is 0.490. The summed E-state index contributed by atoms with van der Waals surface area (Å²) in [5, 5.41) is 0. The van der Waals surface area contributed by atoms with E-state index in [1.54, 1.807) is 0 Å². The Hall–Kier alpha value is -0.780. The summed E-state index contributed by atoms with van der Waals surface area (Å²) in [5.41, 5.74) is 2.94. The van der Waals surface area contributed by atoms with Gasteiger partial charge in [-0.15, -0.1) is 0 Å². The minimum absolute atomic E-state index is 0.863. The van der Waals surface area contributed by atoms with E-state index in [1.807, 2.05) is 0 Å². The predicted molar refractivity (Wildman–Crippen MR) is 63.6 cm³/mol. The zero-order valence-electron chi connectivity index (χ0n) is 9.72. The summed E-state index contributed by atoms with van der Waals surface area (Å²) in [6.45, 7) is 6.78. The molecule has 0 aliphatic carbocycles. The van der Waals surface area contributed by atoms with Gasteiger partial charge < -0.3 is 0 Å². The second-order valence-electron chi connectivity index (χ2n) is 4.06. The highest BCUT2D eigenvalue weighted by molar-refractivity contribution is 5.22. The third-order valence-corrected chi connectivity index (χ3v) is 3.11. The van der Waals surface area contributed by atoms with Crippen molar-refractivity contribution in [2.75, 3.05) is 0 Å². The van der Waals surface area contributed by atoms with Gasteiger partial charge in [-0.2, -0.15) is 0 Å². The summed E-state index contributed by atoms with van der Waals surface area (Å²) in [6.07, 6.45) is 4.99. The second-order valence-corrected chi connectivity index (χ2v) is 4.06. The molecule has 0 unspecified atom stereocenters. The van der Waals surface area contributed by atoms with Crippen LogP contribution in [0, 0.1) is 5.92 Å². The summed E-state index contributed by atoms with van der Waals surface area (Å²) in [4.78, 5) is 0. The van der Waals surface area contributed by atoms with Gasteiger partial charge in [0.05, 0.1) is 0 Å². The number of aryl methyl sites for hydroxylation is 1. The van der Waals surface area contributed by atoms with E-state index in [4.69, 9.17) is 0 Å². The Morgan fingerprint density at radius 3 is 1.79 bits per heavy atom. The van der Waals surface area contributed by atoms with E-state index in [0.29, 0.717) is 0 Å². The SMILES string of the molecule is CCc1ccc(CC(CC)CC)cc1. The Morgan fingerprint density at radius 2 is 1.36 bits per heavy atom. The lowest BCUT2D eigenvalue weighted by atomic mass is 9.94. The standard InChI is InChI=1S/C14H22/c1-4-12(5-2)11-14-9-7-13(6-3)8-10-14/h7-10,12H,4-6,11H2,1-3H3. The van der Waals surface area contributed by atoms with Crippen LogP contribution in [0.5, 0.6) is 0 Å². The molecule has 0 heteroatoms. The maximum Gasteiger partial charge on any atom is -0.0251 e. The molecule has 78 valence electrons. The van der Waals surface area contributed by atoms with Crippen LogP contribution in [0.1, 0.15) is 44.7 Å². The molecule has 1 rings (SSSR count). The van der Waals surface area contributed by atoms with Gasteiger partial charge in [0.15, 0.2) is 0 Å². The van der Waals surface area contributed by atoms with Crippen LogP contribution in [-0.4, -0.2) is 0 Å². The molecule has 0 saturated carbocycles. The molecule has 0 nitrogen and oxygen atoms in total. The molecule has 0 heterocycles. The average Bonchev–Trinajstić information content (AvgIpc) is 2.26. The first kappa shape index (κ1) is 11.3. The fourth-order valence-corrected chi connectivity index (χ4v) is 1.82. The lowest BCUT2D eigenvalue weighted by Crippen LogP contribution is -2.01. The lowest BCUT2D eigenvalue weighted by Gasteiger charge is -2.12. The van der Waals surface area contributed by atoms with Crippen LogP contribution in [0.3, 0.4) is 0 Å². The normalized spacial score (nSPS) is 10.9. The smallest absolute Gasteiger partial charge is 0.0251 e. The molecule has 0 aromatic heterocycles. The molecular formula is C14H22. The predicted octanol–water partition coefficient (Wildman–Crippen LogP) is 4.23. The van der Waals surface area contributed by atoms with Crippen LogP contribution in [0.15, 0.2) is 24.3 Å². The first-order chi connectivity index (χ1) is 6.80. The van der Waals surface area contributed by atoms with E-state index >= 15 is 0 Å². The van der Waals surface area contributed by atoms with Gasteiger partial charge in [-0.25, -0.2) is 0 Å². The van der Waals surface area contributed by atoms with Gasteiger partial charge in [0.1, 0.15) is 0 Å². The molecule has 0 amide bonds. The van der Waals surface area contributed by atoms with Crippen LogP contribution < -0.4 is 0 Å². The summed E-state index contributed by atoms with van der Waals surface area (Å²) in [5.74, 6) is 0.863. The van der Waals surface area contributed by atoms with Crippen molar-refractivity contribution in [3.05, 3.63) is 35.4 Å². The minimum Gasteiger partial charge on any atom is -0.0651 e. The monoisotopic (exact) mass is 190 g/mol. The van der Waals surface area contributed by atoms with E-state index in [1.165, 1.54) is 30.4 Å². The van der Waals surface area contributed by atoms with Gasteiger partial charge in [-0.05, 0) is 29.9 Å². The van der Waals surface area contributed by atoms with Gasteiger partial charge in [0.2, 0.25) is 0 Å². The summed E-state index contributed by atoms with van der Waals surface area (Å²) in [6, 6.07) is 9.10. The van der Waals surface area contributed by atoms with Crippen molar-refractivity contribution in [1.82, 2.24) is 0 Å². The maximum absolute atomic E-state index is 2.29. The largest absolute Gasteiger partial charge is 0.0651 e. The van der Waals surface area contributed by atoms with Crippen molar-refractivity contribution in [1.29, 1.82) is 0 Å². The molecule has 0 saturated heterocycles. The first-order valence-electron chi connectivity index (χ1n) is 5.87. The number of hydrogen-bond acceptors (Lipinski definition) is 0. The Bertz CT molecular complexity index is 241. The molecule has 0 atom stereocenters. The average molecular weight is 190 g/mol. The third-order valence-electron chi connectivity index (χ3n) is 3.11. The third kappa shape index (κ3) is 3.17. The molecule has 0 N–H and O–H groups in total. The van der Waals surface area contributed by atoms with Crippen LogP contribution >= 0.6 is 0 Å². The first-order valence-corrected chi connectivity index (χ1v) is 5.87. The van der Waals surface area contributed by atoms with E-state index in [-0.39, 0.29) is 0 Å². The van der Waals surface area contributed by atoms with E-state index in [9.17, 15) is 0 Å². The summed E-state index contributed by atoms with van der Waals surface area (Å²) < 4.78 is 0. The highest BCUT2D eigenvalue weighted by Crippen LogP contribution is 2.16. The van der Waals surface area contributed by atoms with Crippen LogP contribution in [0.25, 0.3) is 0 Å². The zero-order chi connectivity index (χ0) is 10.4.